The number of fused-ring (bicyclic) bond motifs is 2. The van der Waals surface area contributed by atoms with E-state index in [1.807, 2.05) is 12.1 Å². The molecule has 1 aromatic heterocycles. The minimum absolute atomic E-state index is 0.337. The number of para-hydroxylation sites is 1. The Hall–Kier alpha value is -2.05. The highest BCUT2D eigenvalue weighted by atomic mass is 32.2. The predicted molar refractivity (Wildman–Crippen MR) is 98.0 cm³/mol. The van der Waals surface area contributed by atoms with E-state index in [0.717, 1.165) is 30.0 Å². The van der Waals surface area contributed by atoms with Crippen LogP contribution in [-0.2, 0) is 17.6 Å². The van der Waals surface area contributed by atoms with E-state index >= 15 is 0 Å². The van der Waals surface area contributed by atoms with Crippen LogP contribution in [0.4, 0.5) is 10.1 Å². The monoisotopic (exact) mass is 357 g/mol. The molecule has 0 saturated heterocycles. The van der Waals surface area contributed by atoms with Gasteiger partial charge in [0.1, 0.15) is 5.82 Å². The molecule has 130 valence electrons. The van der Waals surface area contributed by atoms with Gasteiger partial charge in [0.15, 0.2) is 4.90 Å². The van der Waals surface area contributed by atoms with E-state index in [-0.39, 0.29) is 5.82 Å². The first kappa shape index (κ1) is 16.4. The summed E-state index contributed by atoms with van der Waals surface area (Å²) in [6.07, 6.45) is 2.09. The molecule has 25 heavy (non-hydrogen) atoms. The molecule has 1 aliphatic rings. The fourth-order valence-corrected chi connectivity index (χ4v) is 4.82. The van der Waals surface area contributed by atoms with Crippen LogP contribution < -0.4 is 4.90 Å². The van der Waals surface area contributed by atoms with Gasteiger partial charge in [-0.25, -0.2) is 4.39 Å². The van der Waals surface area contributed by atoms with Gasteiger partial charge in [0.05, 0.1) is 27.9 Å². The quantitative estimate of drug-likeness (QED) is 0.720. The van der Waals surface area contributed by atoms with Crippen molar-refractivity contribution in [2.75, 3.05) is 11.4 Å². The molecule has 0 fully saturated rings. The molecule has 2 aromatic carbocycles. The summed E-state index contributed by atoms with van der Waals surface area (Å²) in [6, 6.07) is 10.7. The molecule has 1 aliphatic heterocycles. The van der Waals surface area contributed by atoms with Crippen molar-refractivity contribution in [2.45, 2.75) is 42.8 Å². The number of aryl methyl sites for hydroxylation is 1. The highest BCUT2D eigenvalue weighted by Crippen LogP contribution is 2.38. The zero-order valence-electron chi connectivity index (χ0n) is 14.3. The van der Waals surface area contributed by atoms with E-state index in [2.05, 4.69) is 34.8 Å². The van der Waals surface area contributed by atoms with Gasteiger partial charge in [-0.15, -0.1) is 0 Å². The van der Waals surface area contributed by atoms with Crippen molar-refractivity contribution in [1.82, 2.24) is 9.97 Å². The SMILES string of the molecule is CCN1c2c(cccc2[S+]([O-])c2nc3ccc(F)cc3[nH]2)CCC1C. The van der Waals surface area contributed by atoms with Gasteiger partial charge in [0, 0.05) is 12.6 Å². The molecule has 2 unspecified atom stereocenters. The van der Waals surface area contributed by atoms with E-state index in [1.165, 1.54) is 17.7 Å². The summed E-state index contributed by atoms with van der Waals surface area (Å²) in [7, 11) is 0. The summed E-state index contributed by atoms with van der Waals surface area (Å²) >= 11 is -1.44. The number of H-pyrrole nitrogens is 1. The van der Waals surface area contributed by atoms with Gasteiger partial charge >= 0.3 is 5.16 Å². The van der Waals surface area contributed by atoms with Crippen molar-refractivity contribution in [2.24, 2.45) is 0 Å². The fraction of sp³-hybridized carbons (Fsp3) is 0.316. The van der Waals surface area contributed by atoms with E-state index in [0.29, 0.717) is 22.2 Å². The van der Waals surface area contributed by atoms with E-state index < -0.39 is 11.2 Å². The Kier molecular flexibility index (Phi) is 4.17. The van der Waals surface area contributed by atoms with Crippen LogP contribution in [0.15, 0.2) is 46.5 Å². The van der Waals surface area contributed by atoms with Crippen molar-refractivity contribution in [3.05, 3.63) is 47.8 Å². The standard InChI is InChI=1S/C19H20FN3OS/c1-3-23-12(2)7-8-13-5-4-6-17(18(13)23)25(24)19-21-15-10-9-14(20)11-16(15)22-19/h4-6,9-12H,3,7-8H2,1-2H3,(H,21,22). The summed E-state index contributed by atoms with van der Waals surface area (Å²) < 4.78 is 26.6. The minimum atomic E-state index is -1.44. The lowest BCUT2D eigenvalue weighted by atomic mass is 9.97. The second-order valence-corrected chi connectivity index (χ2v) is 7.77. The number of anilines is 1. The van der Waals surface area contributed by atoms with E-state index in [1.54, 1.807) is 6.07 Å². The zero-order chi connectivity index (χ0) is 17.6. The normalized spacial score (nSPS) is 18.4. The predicted octanol–water partition coefficient (Wildman–Crippen LogP) is 4.03. The first-order chi connectivity index (χ1) is 12.1. The number of rotatable bonds is 3. The largest absolute Gasteiger partial charge is 0.604 e. The van der Waals surface area contributed by atoms with Crippen molar-refractivity contribution in [1.29, 1.82) is 0 Å². The van der Waals surface area contributed by atoms with Gasteiger partial charge < -0.3 is 9.45 Å². The molecule has 6 heteroatoms. The third-order valence-electron chi connectivity index (χ3n) is 4.87. The second kappa shape index (κ2) is 6.35. The molecular weight excluding hydrogens is 337 g/mol. The van der Waals surface area contributed by atoms with Crippen molar-refractivity contribution >= 4 is 27.9 Å². The molecule has 1 N–H and O–H groups in total. The van der Waals surface area contributed by atoms with Crippen molar-refractivity contribution in [3.63, 3.8) is 0 Å². The van der Waals surface area contributed by atoms with Crippen LogP contribution >= 0.6 is 0 Å². The molecule has 0 aliphatic carbocycles. The van der Waals surface area contributed by atoms with E-state index in [9.17, 15) is 8.94 Å². The molecule has 2 atom stereocenters. The Balaban J connectivity index is 1.81. The van der Waals surface area contributed by atoms with Gasteiger partial charge in [0.2, 0.25) is 0 Å². The van der Waals surface area contributed by atoms with Crippen LogP contribution in [0.25, 0.3) is 11.0 Å². The lowest BCUT2D eigenvalue weighted by Gasteiger charge is -2.37. The maximum Gasteiger partial charge on any atom is 0.327 e. The maximum atomic E-state index is 13.4. The third-order valence-corrected chi connectivity index (χ3v) is 6.14. The summed E-state index contributed by atoms with van der Waals surface area (Å²) in [6.45, 7) is 5.19. The summed E-state index contributed by atoms with van der Waals surface area (Å²) in [5, 5.41) is 0.364. The molecule has 2 heterocycles. The lowest BCUT2D eigenvalue weighted by Crippen LogP contribution is -2.38. The number of nitrogens with zero attached hydrogens (tertiary/aromatic N) is 2. The number of hydrogen-bond acceptors (Lipinski definition) is 3. The highest BCUT2D eigenvalue weighted by Gasteiger charge is 2.31. The molecule has 3 aromatic rings. The lowest BCUT2D eigenvalue weighted by molar-refractivity contribution is 0.560. The van der Waals surface area contributed by atoms with Crippen LogP contribution in [0.1, 0.15) is 25.8 Å². The molecule has 4 rings (SSSR count). The Bertz CT molecular complexity index is 926. The molecule has 0 amide bonds. The molecule has 0 radical (unpaired) electrons. The number of aromatic nitrogens is 2. The number of halogens is 1. The maximum absolute atomic E-state index is 13.4. The van der Waals surface area contributed by atoms with Gasteiger partial charge in [-0.2, -0.15) is 4.98 Å². The molecule has 0 saturated carbocycles. The van der Waals surface area contributed by atoms with Crippen molar-refractivity contribution < 1.29 is 8.94 Å². The van der Waals surface area contributed by atoms with Gasteiger partial charge in [-0.05, 0) is 56.5 Å². The smallest absolute Gasteiger partial charge is 0.327 e. The zero-order valence-corrected chi connectivity index (χ0v) is 15.1. The highest BCUT2D eigenvalue weighted by molar-refractivity contribution is 7.91. The molecule has 0 bridgehead atoms. The summed E-state index contributed by atoms with van der Waals surface area (Å²) in [5.41, 5.74) is 3.48. The Morgan fingerprint density at radius 3 is 3.00 bits per heavy atom. The Morgan fingerprint density at radius 2 is 2.20 bits per heavy atom. The average molecular weight is 357 g/mol. The average Bonchev–Trinajstić information content (AvgIpc) is 3.03. The van der Waals surface area contributed by atoms with Gasteiger partial charge in [-0.1, -0.05) is 12.1 Å². The molecule has 0 spiro atoms. The summed E-state index contributed by atoms with van der Waals surface area (Å²) in [5.74, 6) is -0.337. The first-order valence-corrected chi connectivity index (χ1v) is 9.69. The molecule has 4 nitrogen and oxygen atoms in total. The number of imidazole rings is 1. The minimum Gasteiger partial charge on any atom is -0.604 e. The fourth-order valence-electron chi connectivity index (χ4n) is 3.61. The number of benzene rings is 2. The van der Waals surface area contributed by atoms with Crippen LogP contribution in [0, 0.1) is 5.82 Å². The summed E-state index contributed by atoms with van der Waals surface area (Å²) in [4.78, 5) is 10.5. The third kappa shape index (κ3) is 2.79. The number of hydrogen-bond donors (Lipinski definition) is 1. The van der Waals surface area contributed by atoms with Crippen molar-refractivity contribution in [3.8, 4) is 0 Å². The van der Waals surface area contributed by atoms with Gasteiger partial charge in [0.25, 0.3) is 0 Å². The van der Waals surface area contributed by atoms with Crippen LogP contribution in [0.5, 0.6) is 0 Å². The Morgan fingerprint density at radius 1 is 1.36 bits per heavy atom. The Labute approximate surface area is 149 Å². The number of aromatic amines is 1. The first-order valence-electron chi connectivity index (χ1n) is 8.54. The second-order valence-electron chi connectivity index (χ2n) is 6.41. The molecular formula is C19H20FN3OS. The number of nitrogens with one attached hydrogen (secondary N) is 1. The van der Waals surface area contributed by atoms with Crippen LogP contribution in [0.2, 0.25) is 0 Å². The topological polar surface area (TPSA) is 55.0 Å². The van der Waals surface area contributed by atoms with Crippen LogP contribution in [0.3, 0.4) is 0 Å². The van der Waals surface area contributed by atoms with Gasteiger partial charge in [-0.3, -0.25) is 4.98 Å². The van der Waals surface area contributed by atoms with Crippen LogP contribution in [-0.4, -0.2) is 27.1 Å². The van der Waals surface area contributed by atoms with E-state index in [4.69, 9.17) is 0 Å².